The minimum Gasteiger partial charge on any atom is -0.467 e. The van der Waals surface area contributed by atoms with E-state index in [0.29, 0.717) is 12.1 Å². The molecule has 0 bridgehead atoms. The third-order valence-corrected chi connectivity index (χ3v) is 3.66. The lowest BCUT2D eigenvalue weighted by molar-refractivity contribution is -0.146. The van der Waals surface area contributed by atoms with Gasteiger partial charge in [0.15, 0.2) is 0 Å². The number of carbonyl (C=O) groups is 2. The van der Waals surface area contributed by atoms with E-state index in [-0.39, 0.29) is 12.6 Å². The molecule has 2 aromatic rings. The Labute approximate surface area is 127 Å². The van der Waals surface area contributed by atoms with Crippen LogP contribution >= 0.6 is 0 Å². The second kappa shape index (κ2) is 5.88. The van der Waals surface area contributed by atoms with Gasteiger partial charge < -0.3 is 19.9 Å². The fourth-order valence-corrected chi connectivity index (χ4v) is 2.51. The highest BCUT2D eigenvalue weighted by Gasteiger charge is 2.36. The predicted molar refractivity (Wildman–Crippen MR) is 79.1 cm³/mol. The molecule has 0 radical (unpaired) electrons. The summed E-state index contributed by atoms with van der Waals surface area (Å²) < 4.78 is 4.81. The number of urea groups is 1. The molecule has 1 unspecified atom stereocenters. The standard InChI is InChI=1S/C15H16N4O3/c1-22-14(20)13-7-11-12(17-9-16-11)8-19(13)15(21)18-10-5-3-2-4-6-10/h2-6,9,13H,7-8H2,1H3,(H,16,17)(H,18,21). The van der Waals surface area contributed by atoms with Gasteiger partial charge in [-0.25, -0.2) is 14.6 Å². The van der Waals surface area contributed by atoms with Crippen LogP contribution in [0, 0.1) is 0 Å². The summed E-state index contributed by atoms with van der Waals surface area (Å²) in [5.41, 5.74) is 2.30. The van der Waals surface area contributed by atoms with Crippen molar-refractivity contribution >= 4 is 17.7 Å². The lowest BCUT2D eigenvalue weighted by atomic mass is 10.0. The number of rotatable bonds is 2. The number of nitrogens with zero attached hydrogens (tertiary/aromatic N) is 2. The fraction of sp³-hybridized carbons (Fsp3) is 0.267. The van der Waals surface area contributed by atoms with E-state index in [4.69, 9.17) is 4.74 Å². The van der Waals surface area contributed by atoms with Crippen LogP contribution in [0.2, 0.25) is 0 Å². The molecule has 2 heterocycles. The van der Waals surface area contributed by atoms with Crippen molar-refractivity contribution in [1.82, 2.24) is 14.9 Å². The van der Waals surface area contributed by atoms with E-state index >= 15 is 0 Å². The third kappa shape index (κ3) is 2.65. The molecule has 0 aliphatic carbocycles. The molecule has 1 atom stereocenters. The van der Waals surface area contributed by atoms with Gasteiger partial charge in [0.25, 0.3) is 0 Å². The number of hydrogen-bond acceptors (Lipinski definition) is 4. The highest BCUT2D eigenvalue weighted by molar-refractivity contribution is 5.93. The van der Waals surface area contributed by atoms with Gasteiger partial charge in [-0.05, 0) is 12.1 Å². The predicted octanol–water partition coefficient (Wildman–Crippen LogP) is 1.54. The van der Waals surface area contributed by atoms with Crippen molar-refractivity contribution in [2.45, 2.75) is 19.0 Å². The van der Waals surface area contributed by atoms with Gasteiger partial charge in [-0.2, -0.15) is 0 Å². The molecule has 1 aliphatic heterocycles. The Morgan fingerprint density at radius 2 is 2.14 bits per heavy atom. The number of H-pyrrole nitrogens is 1. The van der Waals surface area contributed by atoms with Crippen molar-refractivity contribution in [1.29, 1.82) is 0 Å². The average molecular weight is 300 g/mol. The number of carbonyl (C=O) groups excluding carboxylic acids is 2. The van der Waals surface area contributed by atoms with Gasteiger partial charge in [-0.1, -0.05) is 18.2 Å². The van der Waals surface area contributed by atoms with Crippen LogP contribution in [-0.4, -0.2) is 40.0 Å². The van der Waals surface area contributed by atoms with Gasteiger partial charge in [0.1, 0.15) is 6.04 Å². The molecule has 22 heavy (non-hydrogen) atoms. The molecule has 3 rings (SSSR count). The maximum Gasteiger partial charge on any atom is 0.329 e. The van der Waals surface area contributed by atoms with E-state index in [1.54, 1.807) is 18.5 Å². The Bertz CT molecular complexity index is 683. The summed E-state index contributed by atoms with van der Waals surface area (Å²) in [6.07, 6.45) is 1.91. The summed E-state index contributed by atoms with van der Waals surface area (Å²) in [6.45, 7) is 0.285. The molecule has 7 heteroatoms. The topological polar surface area (TPSA) is 87.3 Å². The number of amides is 2. The molecule has 2 amide bonds. The zero-order valence-electron chi connectivity index (χ0n) is 12.1. The van der Waals surface area contributed by atoms with Crippen molar-refractivity contribution in [3.05, 3.63) is 48.0 Å². The van der Waals surface area contributed by atoms with Gasteiger partial charge in [0.05, 0.1) is 31.4 Å². The second-order valence-corrected chi connectivity index (χ2v) is 4.99. The minimum absolute atomic E-state index is 0.285. The molecule has 7 nitrogen and oxygen atoms in total. The number of benzene rings is 1. The number of esters is 1. The van der Waals surface area contributed by atoms with Crippen molar-refractivity contribution in [2.24, 2.45) is 0 Å². The van der Waals surface area contributed by atoms with Gasteiger partial charge in [-0.15, -0.1) is 0 Å². The average Bonchev–Trinajstić information content (AvgIpc) is 3.01. The Balaban J connectivity index is 1.83. The number of aromatic amines is 1. The van der Waals surface area contributed by atoms with Gasteiger partial charge in [0.2, 0.25) is 0 Å². The number of anilines is 1. The summed E-state index contributed by atoms with van der Waals surface area (Å²) in [5.74, 6) is -0.447. The number of para-hydroxylation sites is 1. The van der Waals surface area contributed by atoms with Crippen LogP contribution in [0.5, 0.6) is 0 Å². The number of imidazole rings is 1. The first kappa shape index (κ1) is 14.1. The summed E-state index contributed by atoms with van der Waals surface area (Å²) in [5, 5.41) is 2.79. The number of fused-ring (bicyclic) bond motifs is 1. The van der Waals surface area contributed by atoms with E-state index < -0.39 is 12.0 Å². The van der Waals surface area contributed by atoms with Gasteiger partial charge in [0, 0.05) is 12.1 Å². The monoisotopic (exact) mass is 300 g/mol. The third-order valence-electron chi connectivity index (χ3n) is 3.66. The first-order valence-corrected chi connectivity index (χ1v) is 6.90. The van der Waals surface area contributed by atoms with Gasteiger partial charge in [-0.3, -0.25) is 0 Å². The highest BCUT2D eigenvalue weighted by atomic mass is 16.5. The van der Waals surface area contributed by atoms with E-state index in [9.17, 15) is 9.59 Å². The number of nitrogens with one attached hydrogen (secondary N) is 2. The molecule has 0 fully saturated rings. The Morgan fingerprint density at radius 1 is 1.36 bits per heavy atom. The minimum atomic E-state index is -0.676. The van der Waals surface area contributed by atoms with Gasteiger partial charge >= 0.3 is 12.0 Å². The SMILES string of the molecule is COC(=O)C1Cc2nc[nH]c2CN1C(=O)Nc1ccccc1. The molecule has 114 valence electrons. The first-order valence-electron chi connectivity index (χ1n) is 6.90. The summed E-state index contributed by atoms with van der Waals surface area (Å²) in [7, 11) is 1.32. The smallest absolute Gasteiger partial charge is 0.329 e. The number of ether oxygens (including phenoxy) is 1. The molecular formula is C15H16N4O3. The van der Waals surface area contributed by atoms with Crippen molar-refractivity contribution in [3.63, 3.8) is 0 Å². The van der Waals surface area contributed by atoms with Crippen LogP contribution in [-0.2, 0) is 22.5 Å². The van der Waals surface area contributed by atoms with Crippen LogP contribution in [0.15, 0.2) is 36.7 Å². The van der Waals surface area contributed by atoms with E-state index in [0.717, 1.165) is 11.4 Å². The Morgan fingerprint density at radius 3 is 2.86 bits per heavy atom. The van der Waals surface area contributed by atoms with Crippen LogP contribution < -0.4 is 5.32 Å². The fourth-order valence-electron chi connectivity index (χ4n) is 2.51. The van der Waals surface area contributed by atoms with Crippen molar-refractivity contribution in [3.8, 4) is 0 Å². The first-order chi connectivity index (χ1) is 10.7. The molecule has 2 N–H and O–H groups in total. The number of aromatic nitrogens is 2. The highest BCUT2D eigenvalue weighted by Crippen LogP contribution is 2.22. The molecule has 0 saturated carbocycles. The molecule has 0 saturated heterocycles. The maximum absolute atomic E-state index is 12.5. The Kier molecular flexibility index (Phi) is 3.78. The van der Waals surface area contributed by atoms with Crippen LogP contribution in [0.25, 0.3) is 0 Å². The number of hydrogen-bond donors (Lipinski definition) is 2. The summed E-state index contributed by atoms with van der Waals surface area (Å²) in [6, 6.07) is 8.08. The Hall–Kier alpha value is -2.83. The largest absolute Gasteiger partial charge is 0.467 e. The molecule has 1 aromatic heterocycles. The normalized spacial score (nSPS) is 16.8. The zero-order chi connectivity index (χ0) is 15.5. The van der Waals surface area contributed by atoms with Crippen molar-refractivity contribution < 1.29 is 14.3 Å². The van der Waals surface area contributed by atoms with E-state index in [1.807, 2.05) is 18.2 Å². The zero-order valence-corrected chi connectivity index (χ0v) is 12.1. The van der Waals surface area contributed by atoms with Crippen LogP contribution in [0.4, 0.5) is 10.5 Å². The molecule has 1 aromatic carbocycles. The van der Waals surface area contributed by atoms with E-state index in [1.165, 1.54) is 12.0 Å². The quantitative estimate of drug-likeness (QED) is 0.824. The van der Waals surface area contributed by atoms with Crippen molar-refractivity contribution in [2.75, 3.05) is 12.4 Å². The molecule has 1 aliphatic rings. The van der Waals surface area contributed by atoms with E-state index in [2.05, 4.69) is 15.3 Å². The molecular weight excluding hydrogens is 284 g/mol. The second-order valence-electron chi connectivity index (χ2n) is 4.99. The summed E-state index contributed by atoms with van der Waals surface area (Å²) >= 11 is 0. The van der Waals surface area contributed by atoms with Crippen LogP contribution in [0.3, 0.4) is 0 Å². The van der Waals surface area contributed by atoms with Crippen LogP contribution in [0.1, 0.15) is 11.4 Å². The maximum atomic E-state index is 12.5. The lowest BCUT2D eigenvalue weighted by Gasteiger charge is -2.33. The number of methoxy groups -OCH3 is 1. The molecule has 0 spiro atoms. The summed E-state index contributed by atoms with van der Waals surface area (Å²) in [4.78, 5) is 33.1. The lowest BCUT2D eigenvalue weighted by Crippen LogP contribution is -2.50.